The first-order chi connectivity index (χ1) is 12.4. The van der Waals surface area contributed by atoms with Crippen LogP contribution in [-0.4, -0.2) is 22.5 Å². The number of H-pyrrole nitrogens is 1. The van der Waals surface area contributed by atoms with E-state index >= 15 is 0 Å². The Kier molecular flexibility index (Phi) is 5.04. The summed E-state index contributed by atoms with van der Waals surface area (Å²) >= 11 is 1.19. The van der Waals surface area contributed by atoms with Gasteiger partial charge < -0.3 is 9.72 Å². The van der Waals surface area contributed by atoms with Crippen LogP contribution < -0.4 is 5.56 Å². The molecule has 2 heterocycles. The van der Waals surface area contributed by atoms with Crippen molar-refractivity contribution >= 4 is 39.7 Å². The van der Waals surface area contributed by atoms with Crippen LogP contribution >= 0.6 is 11.3 Å². The molecule has 3 aromatic rings. The fourth-order valence-electron chi connectivity index (χ4n) is 2.81. The number of carbonyl (C=O) groups is 1. The van der Waals surface area contributed by atoms with Gasteiger partial charge in [0.15, 0.2) is 0 Å². The Morgan fingerprint density at radius 1 is 1.27 bits per heavy atom. The summed E-state index contributed by atoms with van der Waals surface area (Å²) in [5, 5.41) is 0.446. The zero-order valence-electron chi connectivity index (χ0n) is 15.2. The normalized spacial score (nSPS) is 11.4. The van der Waals surface area contributed by atoms with Crippen LogP contribution in [0.25, 0.3) is 22.4 Å². The Hall–Kier alpha value is -2.73. The van der Waals surface area contributed by atoms with Crippen molar-refractivity contribution in [2.75, 3.05) is 6.61 Å². The zero-order chi connectivity index (χ0) is 18.8. The van der Waals surface area contributed by atoms with Gasteiger partial charge in [-0.3, -0.25) is 4.79 Å². The maximum atomic E-state index is 12.5. The van der Waals surface area contributed by atoms with Crippen LogP contribution in [-0.2, 0) is 4.74 Å². The standard InChI is InChI=1S/C20H20N2O3S/c1-5-25-20(24)17-13(4)16-18(23)21-15(22-19(16)26-17)9-8-14-7-6-11(2)10-12(14)3/h6-10H,5H2,1-4H3,(H,21,22,23)/b9-8+. The second-order valence-electron chi connectivity index (χ2n) is 6.10. The molecule has 0 unspecified atom stereocenters. The molecule has 2 aromatic heterocycles. The number of hydrogen-bond acceptors (Lipinski definition) is 5. The summed E-state index contributed by atoms with van der Waals surface area (Å²) in [5.41, 5.74) is 3.78. The van der Waals surface area contributed by atoms with Crippen LogP contribution in [0.2, 0.25) is 0 Å². The molecule has 1 N–H and O–H groups in total. The molecule has 0 aliphatic heterocycles. The maximum absolute atomic E-state index is 12.5. The van der Waals surface area contributed by atoms with E-state index in [-0.39, 0.29) is 5.56 Å². The molecule has 0 fully saturated rings. The summed E-state index contributed by atoms with van der Waals surface area (Å²) in [6.45, 7) is 7.88. The molecule has 0 aliphatic carbocycles. The molecule has 0 atom stereocenters. The molecular weight excluding hydrogens is 348 g/mol. The molecule has 0 saturated heterocycles. The summed E-state index contributed by atoms with van der Waals surface area (Å²) < 4.78 is 5.05. The van der Waals surface area contributed by atoms with E-state index in [0.717, 1.165) is 11.1 Å². The molecule has 6 heteroatoms. The molecule has 0 radical (unpaired) electrons. The summed E-state index contributed by atoms with van der Waals surface area (Å²) in [7, 11) is 0. The number of ether oxygens (including phenoxy) is 1. The van der Waals surface area contributed by atoms with E-state index in [4.69, 9.17) is 4.74 Å². The molecule has 0 aliphatic rings. The highest BCUT2D eigenvalue weighted by Gasteiger charge is 2.19. The lowest BCUT2D eigenvalue weighted by molar-refractivity contribution is 0.0531. The number of nitrogens with one attached hydrogen (secondary N) is 1. The SMILES string of the molecule is CCOC(=O)c1sc2nc(/C=C/c3ccc(C)cc3C)[nH]c(=O)c2c1C. The molecule has 0 saturated carbocycles. The van der Waals surface area contributed by atoms with Gasteiger partial charge in [0, 0.05) is 0 Å². The third kappa shape index (κ3) is 3.46. The predicted molar refractivity (Wildman–Crippen MR) is 106 cm³/mol. The monoisotopic (exact) mass is 368 g/mol. The smallest absolute Gasteiger partial charge is 0.348 e. The summed E-state index contributed by atoms with van der Waals surface area (Å²) in [5.74, 6) is 0.0407. The van der Waals surface area contributed by atoms with Crippen molar-refractivity contribution in [3.05, 3.63) is 61.5 Å². The van der Waals surface area contributed by atoms with Gasteiger partial charge >= 0.3 is 5.97 Å². The number of benzene rings is 1. The number of nitrogens with zero attached hydrogens (tertiary/aromatic N) is 1. The summed E-state index contributed by atoms with van der Waals surface area (Å²) in [6.07, 6.45) is 3.70. The first-order valence-electron chi connectivity index (χ1n) is 8.36. The number of carbonyl (C=O) groups excluding carboxylic acids is 1. The van der Waals surface area contributed by atoms with Crippen molar-refractivity contribution < 1.29 is 9.53 Å². The van der Waals surface area contributed by atoms with Gasteiger partial charge in [-0.05, 0) is 50.5 Å². The fourth-order valence-corrected chi connectivity index (χ4v) is 3.89. The Morgan fingerprint density at radius 2 is 2.04 bits per heavy atom. The highest BCUT2D eigenvalue weighted by atomic mass is 32.1. The van der Waals surface area contributed by atoms with Crippen molar-refractivity contribution in [2.24, 2.45) is 0 Å². The van der Waals surface area contributed by atoms with Crippen molar-refractivity contribution in [1.82, 2.24) is 9.97 Å². The first-order valence-corrected chi connectivity index (χ1v) is 9.18. The lowest BCUT2D eigenvalue weighted by atomic mass is 10.1. The lowest BCUT2D eigenvalue weighted by Crippen LogP contribution is -2.10. The second kappa shape index (κ2) is 7.25. The molecule has 134 valence electrons. The number of aromatic amines is 1. The van der Waals surface area contributed by atoms with E-state index in [0.29, 0.717) is 33.1 Å². The number of fused-ring (bicyclic) bond motifs is 1. The van der Waals surface area contributed by atoms with Gasteiger partial charge in [0.25, 0.3) is 5.56 Å². The van der Waals surface area contributed by atoms with Crippen molar-refractivity contribution in [3.8, 4) is 0 Å². The number of aryl methyl sites for hydroxylation is 3. The molecule has 26 heavy (non-hydrogen) atoms. The number of thiophene rings is 1. The Bertz CT molecular complexity index is 1080. The van der Waals surface area contributed by atoms with E-state index in [2.05, 4.69) is 16.0 Å². The minimum absolute atomic E-state index is 0.250. The Morgan fingerprint density at radius 3 is 2.73 bits per heavy atom. The molecule has 5 nitrogen and oxygen atoms in total. The van der Waals surface area contributed by atoms with Crippen LogP contribution in [0, 0.1) is 20.8 Å². The van der Waals surface area contributed by atoms with Gasteiger partial charge in [0.2, 0.25) is 0 Å². The van der Waals surface area contributed by atoms with Crippen molar-refractivity contribution in [2.45, 2.75) is 27.7 Å². The van der Waals surface area contributed by atoms with Gasteiger partial charge in [0.1, 0.15) is 15.5 Å². The molecule has 0 amide bonds. The number of aromatic nitrogens is 2. The average Bonchev–Trinajstić information content (AvgIpc) is 2.91. The van der Waals surface area contributed by atoms with Crippen LogP contribution in [0.15, 0.2) is 23.0 Å². The minimum atomic E-state index is -0.417. The highest BCUT2D eigenvalue weighted by molar-refractivity contribution is 7.20. The predicted octanol–water partition coefficient (Wildman–Crippen LogP) is 4.26. The number of esters is 1. The van der Waals surface area contributed by atoms with E-state index in [1.807, 2.05) is 32.1 Å². The van der Waals surface area contributed by atoms with Crippen molar-refractivity contribution in [1.29, 1.82) is 0 Å². The zero-order valence-corrected chi connectivity index (χ0v) is 16.0. The first kappa shape index (κ1) is 18.1. The van der Waals surface area contributed by atoms with Crippen LogP contribution in [0.1, 0.15) is 44.7 Å². The topological polar surface area (TPSA) is 72.0 Å². The molecule has 0 bridgehead atoms. The van der Waals surface area contributed by atoms with Crippen LogP contribution in [0.5, 0.6) is 0 Å². The van der Waals surface area contributed by atoms with Gasteiger partial charge in [-0.15, -0.1) is 11.3 Å². The fraction of sp³-hybridized carbons (Fsp3) is 0.250. The van der Waals surface area contributed by atoms with E-state index in [1.165, 1.54) is 16.9 Å². The van der Waals surface area contributed by atoms with Gasteiger partial charge in [-0.2, -0.15) is 0 Å². The molecule has 1 aromatic carbocycles. The van der Waals surface area contributed by atoms with Gasteiger partial charge in [-0.1, -0.05) is 29.8 Å². The van der Waals surface area contributed by atoms with E-state index in [1.54, 1.807) is 19.9 Å². The minimum Gasteiger partial charge on any atom is -0.462 e. The summed E-state index contributed by atoms with van der Waals surface area (Å²) in [6, 6.07) is 6.18. The van der Waals surface area contributed by atoms with Crippen LogP contribution in [0.4, 0.5) is 0 Å². The molecular formula is C20H20N2O3S. The Balaban J connectivity index is 2.02. The quantitative estimate of drug-likeness (QED) is 0.699. The lowest BCUT2D eigenvalue weighted by Gasteiger charge is -2.01. The third-order valence-corrected chi connectivity index (χ3v) is 5.29. The largest absolute Gasteiger partial charge is 0.462 e. The van der Waals surface area contributed by atoms with E-state index in [9.17, 15) is 9.59 Å². The van der Waals surface area contributed by atoms with E-state index < -0.39 is 5.97 Å². The second-order valence-corrected chi connectivity index (χ2v) is 7.10. The molecule has 0 spiro atoms. The van der Waals surface area contributed by atoms with Crippen LogP contribution in [0.3, 0.4) is 0 Å². The summed E-state index contributed by atoms with van der Waals surface area (Å²) in [4.78, 5) is 32.7. The van der Waals surface area contributed by atoms with Gasteiger partial charge in [-0.25, -0.2) is 9.78 Å². The molecule has 3 rings (SSSR count). The van der Waals surface area contributed by atoms with Crippen molar-refractivity contribution in [3.63, 3.8) is 0 Å². The maximum Gasteiger partial charge on any atom is 0.348 e. The van der Waals surface area contributed by atoms with Gasteiger partial charge in [0.05, 0.1) is 12.0 Å². The Labute approximate surface area is 155 Å². The number of rotatable bonds is 4. The average molecular weight is 368 g/mol. The highest BCUT2D eigenvalue weighted by Crippen LogP contribution is 2.27. The number of hydrogen-bond donors (Lipinski definition) is 1. The third-order valence-electron chi connectivity index (χ3n) is 4.13.